The van der Waals surface area contributed by atoms with Crippen LogP contribution in [0.1, 0.15) is 71.1 Å². The lowest BCUT2D eigenvalue weighted by Crippen LogP contribution is -2.64. The van der Waals surface area contributed by atoms with Gasteiger partial charge in [-0.15, -0.1) is 16.4 Å². The van der Waals surface area contributed by atoms with Crippen LogP contribution in [0.5, 0.6) is 0 Å². The number of hydroxylamine groups is 3. The molecule has 3 aromatic carbocycles. The second kappa shape index (κ2) is 15.9. The predicted molar refractivity (Wildman–Crippen MR) is 195 cm³/mol. The van der Waals surface area contributed by atoms with Crippen LogP contribution in [0.3, 0.4) is 0 Å². The van der Waals surface area contributed by atoms with E-state index in [4.69, 9.17) is 13.9 Å². The van der Waals surface area contributed by atoms with Crippen LogP contribution in [0.25, 0.3) is 0 Å². The summed E-state index contributed by atoms with van der Waals surface area (Å²) < 4.78 is 16.7. The number of thioether (sulfide) groups is 1. The van der Waals surface area contributed by atoms with E-state index >= 15 is 0 Å². The first-order chi connectivity index (χ1) is 23.9. The summed E-state index contributed by atoms with van der Waals surface area (Å²) in [5.74, 6) is -0.379. The molecule has 10 nitrogen and oxygen atoms in total. The summed E-state index contributed by atoms with van der Waals surface area (Å²) in [5, 5.41) is 11.9. The van der Waals surface area contributed by atoms with Crippen molar-refractivity contribution in [2.45, 2.75) is 94.4 Å². The number of urea groups is 1. The Bertz CT molecular complexity index is 1540. The number of hydrogen-bond acceptors (Lipinski definition) is 8. The molecular weight excluding hydrogens is 671 g/mol. The number of ether oxygens (including phenoxy) is 1. The van der Waals surface area contributed by atoms with Crippen LogP contribution in [0, 0.1) is 11.3 Å². The van der Waals surface area contributed by atoms with Crippen molar-refractivity contribution in [3.63, 3.8) is 0 Å². The van der Waals surface area contributed by atoms with Crippen molar-refractivity contribution in [1.29, 1.82) is 5.26 Å². The van der Waals surface area contributed by atoms with Gasteiger partial charge in [-0.3, -0.25) is 15.0 Å². The highest BCUT2D eigenvalue weighted by Gasteiger charge is 2.53. The van der Waals surface area contributed by atoms with Crippen molar-refractivity contribution >= 4 is 32.3 Å². The highest BCUT2D eigenvalue weighted by molar-refractivity contribution is 8.02. The van der Waals surface area contributed by atoms with Gasteiger partial charge in [-0.2, -0.15) is 9.91 Å². The zero-order valence-electron chi connectivity index (χ0n) is 29.6. The van der Waals surface area contributed by atoms with Gasteiger partial charge in [0.05, 0.1) is 29.4 Å². The third kappa shape index (κ3) is 7.63. The Balaban J connectivity index is 1.42. The van der Waals surface area contributed by atoms with Gasteiger partial charge < -0.3 is 14.2 Å². The molecule has 0 aromatic heterocycles. The van der Waals surface area contributed by atoms with E-state index in [2.05, 4.69) is 47.8 Å². The number of quaternary nitrogens is 1. The quantitative estimate of drug-likeness (QED) is 0.0775. The number of amides is 3. The first kappa shape index (κ1) is 37.9. The first-order valence-corrected chi connectivity index (χ1v) is 19.0. The van der Waals surface area contributed by atoms with E-state index in [1.54, 1.807) is 4.90 Å². The molecule has 0 bridgehead atoms. The molecule has 2 fully saturated rings. The van der Waals surface area contributed by atoms with Crippen LogP contribution < -0.4 is 5.32 Å². The molecule has 5 rings (SSSR count). The van der Waals surface area contributed by atoms with Crippen molar-refractivity contribution in [3.05, 3.63) is 108 Å². The maximum Gasteiger partial charge on any atom is 0.389 e. The third-order valence-corrected chi connectivity index (χ3v) is 12.5. The van der Waals surface area contributed by atoms with Crippen molar-refractivity contribution in [3.8, 4) is 6.07 Å². The van der Waals surface area contributed by atoms with E-state index in [-0.39, 0.29) is 42.0 Å². The fourth-order valence-corrected chi connectivity index (χ4v) is 10.1. The summed E-state index contributed by atoms with van der Waals surface area (Å²) in [6.45, 7) is 12.2. The lowest BCUT2D eigenvalue weighted by molar-refractivity contribution is -1.11. The number of hydrogen-bond donors (Lipinski definition) is 2. The normalized spacial score (nSPS) is 23.6. The molecule has 0 saturated carbocycles. The lowest BCUT2D eigenvalue weighted by atomic mass is 9.84. The minimum absolute atomic E-state index is 0.0337. The highest BCUT2D eigenvalue weighted by Crippen LogP contribution is 2.54. The van der Waals surface area contributed by atoms with Crippen molar-refractivity contribution in [2.75, 3.05) is 13.1 Å². The van der Waals surface area contributed by atoms with E-state index in [9.17, 15) is 19.7 Å². The SMILES string of the molecule is CC(C)[N+](CCC#N)(O[P@@](O)O[C@H]1C[C@H](N2CC(C)(SC(c3ccccc3)(c3ccccc3)c3ccccc3)C(=O)NC2=O)O[C@@H]1C)C(C)C. The standard InChI is InChI=1S/C38H47N4O6PS/c1-27(2)42(28(3)4,24-16-23-39)48-49(45)47-33-25-34(46-29(33)5)41-26-37(6,35(43)40-36(41)44)50-38(30-17-10-7-11-18-30,31-19-12-8-13-20-31)32-21-14-9-15-22-32/h7-15,17-22,27-29,33-34,45H,16,24-26H2,1-6H3/p+1/t29-,33+,34-,37?,49+/m1/s1. The summed E-state index contributed by atoms with van der Waals surface area (Å²) in [5.41, 5.74) is 3.01. The summed E-state index contributed by atoms with van der Waals surface area (Å²) in [6, 6.07) is 31.9. The summed E-state index contributed by atoms with van der Waals surface area (Å²) in [7, 11) is -2.35. The van der Waals surface area contributed by atoms with Gasteiger partial charge in [0.15, 0.2) is 0 Å². The maximum atomic E-state index is 13.9. The maximum absolute atomic E-state index is 13.9. The van der Waals surface area contributed by atoms with Gasteiger partial charge in [0.1, 0.15) is 29.6 Å². The molecular formula is C38H48N4O6PS+. The fourth-order valence-electron chi connectivity index (χ4n) is 7.06. The van der Waals surface area contributed by atoms with Gasteiger partial charge in [-0.05, 0) is 58.2 Å². The summed E-state index contributed by atoms with van der Waals surface area (Å²) in [6.07, 6.45) is -1.21. The Morgan fingerprint density at radius 1 is 1.00 bits per heavy atom. The van der Waals surface area contributed by atoms with Crippen molar-refractivity contribution in [1.82, 2.24) is 10.2 Å². The average Bonchev–Trinajstić information content (AvgIpc) is 3.47. The molecule has 50 heavy (non-hydrogen) atoms. The van der Waals surface area contributed by atoms with E-state index in [1.807, 2.05) is 96.1 Å². The minimum atomic E-state index is -2.35. The Hall–Kier alpha value is -3.33. The molecule has 0 spiro atoms. The number of imide groups is 1. The molecule has 2 heterocycles. The van der Waals surface area contributed by atoms with Crippen LogP contribution in [0.2, 0.25) is 0 Å². The van der Waals surface area contributed by atoms with E-state index in [1.165, 1.54) is 11.8 Å². The lowest BCUT2D eigenvalue weighted by Gasteiger charge is -2.46. The van der Waals surface area contributed by atoms with Crippen LogP contribution in [0.4, 0.5) is 4.79 Å². The van der Waals surface area contributed by atoms with Crippen LogP contribution in [-0.2, 0) is 23.4 Å². The number of rotatable bonds is 14. The molecule has 0 aliphatic carbocycles. The second-order valence-corrected chi connectivity index (χ2v) is 16.2. The van der Waals surface area contributed by atoms with Gasteiger partial charge in [0, 0.05) is 13.0 Å². The Kier molecular flexibility index (Phi) is 12.1. The molecule has 3 amide bonds. The van der Waals surface area contributed by atoms with Gasteiger partial charge in [0.25, 0.3) is 0 Å². The predicted octanol–water partition coefficient (Wildman–Crippen LogP) is 7.24. The van der Waals surface area contributed by atoms with Gasteiger partial charge in [0.2, 0.25) is 5.91 Å². The number of nitrogens with one attached hydrogen (secondary N) is 1. The molecule has 2 aliphatic rings. The first-order valence-electron chi connectivity index (χ1n) is 17.1. The van der Waals surface area contributed by atoms with Crippen molar-refractivity contribution < 1.29 is 33.0 Å². The average molecular weight is 720 g/mol. The molecule has 0 radical (unpaired) electrons. The monoisotopic (exact) mass is 719 g/mol. The number of carbonyl (C=O) groups excluding carboxylic acids is 2. The van der Waals surface area contributed by atoms with E-state index in [0.29, 0.717) is 6.54 Å². The smallest absolute Gasteiger partial charge is 0.352 e. The molecule has 12 heteroatoms. The molecule has 3 aromatic rings. The number of nitrogens with zero attached hydrogens (tertiary/aromatic N) is 3. The largest absolute Gasteiger partial charge is 0.389 e. The molecule has 5 atom stereocenters. The molecule has 1 unspecified atom stereocenters. The molecule has 2 aliphatic heterocycles. The molecule has 2 saturated heterocycles. The van der Waals surface area contributed by atoms with E-state index < -0.39 is 42.6 Å². The number of benzene rings is 3. The Morgan fingerprint density at radius 2 is 1.50 bits per heavy atom. The Labute approximate surface area is 301 Å². The minimum Gasteiger partial charge on any atom is -0.352 e. The van der Waals surface area contributed by atoms with Crippen molar-refractivity contribution in [2.24, 2.45) is 0 Å². The molecule has 2 N–H and O–H groups in total. The highest BCUT2D eigenvalue weighted by atomic mass is 32.2. The summed E-state index contributed by atoms with van der Waals surface area (Å²) >= 11 is 1.50. The van der Waals surface area contributed by atoms with Crippen LogP contribution in [0.15, 0.2) is 91.0 Å². The van der Waals surface area contributed by atoms with Gasteiger partial charge in [-0.25, -0.2) is 4.79 Å². The Morgan fingerprint density at radius 3 is 1.96 bits per heavy atom. The third-order valence-electron chi connectivity index (χ3n) is 9.80. The summed E-state index contributed by atoms with van der Waals surface area (Å²) in [4.78, 5) is 40.1. The fraction of sp³-hybridized carbons (Fsp3) is 0.447. The van der Waals surface area contributed by atoms with E-state index in [0.717, 1.165) is 16.7 Å². The topological polar surface area (TPSA) is 121 Å². The van der Waals surface area contributed by atoms with Gasteiger partial charge >= 0.3 is 14.6 Å². The van der Waals surface area contributed by atoms with Crippen LogP contribution in [-0.4, -0.2) is 74.7 Å². The zero-order chi connectivity index (χ0) is 36.1. The number of carbonyl (C=O) groups is 2. The zero-order valence-corrected chi connectivity index (χ0v) is 31.3. The van der Waals surface area contributed by atoms with Crippen LogP contribution >= 0.6 is 20.4 Å². The molecule has 266 valence electrons. The van der Waals surface area contributed by atoms with Gasteiger partial charge in [-0.1, -0.05) is 91.0 Å². The second-order valence-electron chi connectivity index (χ2n) is 13.7. The number of nitriles is 1.